The minimum atomic E-state index is -3.99. The van der Waals surface area contributed by atoms with Gasteiger partial charge in [-0.05, 0) is 39.0 Å². The van der Waals surface area contributed by atoms with Crippen LogP contribution in [0.3, 0.4) is 0 Å². The Morgan fingerprint density at radius 1 is 1.22 bits per heavy atom. The predicted octanol–water partition coefficient (Wildman–Crippen LogP) is 0.412. The third kappa shape index (κ3) is 5.22. The topological polar surface area (TPSA) is 125 Å². The van der Waals surface area contributed by atoms with Crippen molar-refractivity contribution in [2.75, 3.05) is 7.11 Å². The second kappa shape index (κ2) is 7.42. The molecule has 1 amide bonds. The molecule has 3 N–H and O–H groups in total. The van der Waals surface area contributed by atoms with E-state index in [1.54, 1.807) is 13.8 Å². The van der Waals surface area contributed by atoms with Crippen LogP contribution in [-0.4, -0.2) is 39.5 Å². The second-order valence-corrected chi connectivity index (χ2v) is 6.68. The summed E-state index contributed by atoms with van der Waals surface area (Å²) >= 11 is 0. The van der Waals surface area contributed by atoms with Crippen LogP contribution in [0.4, 0.5) is 0 Å². The van der Waals surface area contributed by atoms with Gasteiger partial charge in [-0.15, -0.1) is 0 Å². The van der Waals surface area contributed by atoms with E-state index in [-0.39, 0.29) is 22.3 Å². The standard InChI is InChI=1S/C14H20N2O6S/c1-8(2)16-13(17)9(3)22-14(18)11-7-10(23(15,19)20)5-6-12(11)21-4/h5-9H,1-4H3,(H,16,17)(H2,15,19,20)/t9-/m1/s1. The van der Waals surface area contributed by atoms with Gasteiger partial charge in [-0.1, -0.05) is 0 Å². The number of esters is 1. The molecule has 0 bridgehead atoms. The van der Waals surface area contributed by atoms with Crippen LogP contribution in [-0.2, 0) is 19.6 Å². The van der Waals surface area contributed by atoms with Crippen LogP contribution in [0.1, 0.15) is 31.1 Å². The Balaban J connectivity index is 3.05. The van der Waals surface area contributed by atoms with Gasteiger partial charge >= 0.3 is 5.97 Å². The molecule has 0 heterocycles. The van der Waals surface area contributed by atoms with Gasteiger partial charge in [-0.3, -0.25) is 4.79 Å². The van der Waals surface area contributed by atoms with Crippen LogP contribution >= 0.6 is 0 Å². The lowest BCUT2D eigenvalue weighted by Crippen LogP contribution is -2.39. The first-order valence-corrected chi connectivity index (χ1v) is 8.33. The average Bonchev–Trinajstić information content (AvgIpc) is 2.44. The van der Waals surface area contributed by atoms with Crippen molar-refractivity contribution in [2.45, 2.75) is 37.8 Å². The molecule has 1 aromatic carbocycles. The van der Waals surface area contributed by atoms with E-state index < -0.39 is 28.0 Å². The van der Waals surface area contributed by atoms with Crippen molar-refractivity contribution in [3.05, 3.63) is 23.8 Å². The highest BCUT2D eigenvalue weighted by atomic mass is 32.2. The predicted molar refractivity (Wildman–Crippen MR) is 82.5 cm³/mol. The minimum absolute atomic E-state index is 0.108. The molecule has 0 aromatic heterocycles. The van der Waals surface area contributed by atoms with Gasteiger partial charge in [0.2, 0.25) is 10.0 Å². The maximum absolute atomic E-state index is 12.2. The zero-order valence-corrected chi connectivity index (χ0v) is 14.1. The Labute approximate surface area is 135 Å². The third-order valence-corrected chi connectivity index (χ3v) is 3.71. The molecule has 0 aliphatic rings. The van der Waals surface area contributed by atoms with Gasteiger partial charge in [-0.2, -0.15) is 0 Å². The molecule has 1 atom stereocenters. The Bertz CT molecular complexity index is 699. The summed E-state index contributed by atoms with van der Waals surface area (Å²) in [5, 5.41) is 7.64. The number of ether oxygens (including phenoxy) is 2. The highest BCUT2D eigenvalue weighted by Crippen LogP contribution is 2.23. The quantitative estimate of drug-likeness (QED) is 0.720. The number of rotatable bonds is 6. The summed E-state index contributed by atoms with van der Waals surface area (Å²) in [7, 11) is -2.67. The van der Waals surface area contributed by atoms with Crippen LogP contribution in [0.2, 0.25) is 0 Å². The summed E-state index contributed by atoms with van der Waals surface area (Å²) in [5.41, 5.74) is -0.136. The summed E-state index contributed by atoms with van der Waals surface area (Å²) in [6.45, 7) is 4.95. The zero-order chi connectivity index (χ0) is 17.8. The van der Waals surface area contributed by atoms with Crippen molar-refractivity contribution in [2.24, 2.45) is 5.14 Å². The number of amides is 1. The molecule has 0 spiro atoms. The molecular weight excluding hydrogens is 324 g/mol. The van der Waals surface area contributed by atoms with Gasteiger partial charge in [0.1, 0.15) is 11.3 Å². The summed E-state index contributed by atoms with van der Waals surface area (Å²) in [6, 6.07) is 3.43. The van der Waals surface area contributed by atoms with Gasteiger partial charge in [-0.25, -0.2) is 18.4 Å². The first kappa shape index (κ1) is 18.9. The normalized spacial score (nSPS) is 12.6. The molecule has 9 heteroatoms. The fourth-order valence-electron chi connectivity index (χ4n) is 1.70. The SMILES string of the molecule is COc1ccc(S(N)(=O)=O)cc1C(=O)O[C@H](C)C(=O)NC(C)C. The minimum Gasteiger partial charge on any atom is -0.496 e. The van der Waals surface area contributed by atoms with Crippen molar-refractivity contribution < 1.29 is 27.5 Å². The lowest BCUT2D eigenvalue weighted by molar-refractivity contribution is -0.129. The number of carbonyl (C=O) groups excluding carboxylic acids is 2. The molecule has 0 aliphatic carbocycles. The number of hydrogen-bond donors (Lipinski definition) is 2. The Hall–Kier alpha value is -2.13. The van der Waals surface area contributed by atoms with Crippen molar-refractivity contribution in [3.63, 3.8) is 0 Å². The summed E-state index contributed by atoms with van der Waals surface area (Å²) in [6.07, 6.45) is -1.05. The molecule has 0 saturated carbocycles. The number of benzene rings is 1. The van der Waals surface area contributed by atoms with Crippen molar-refractivity contribution >= 4 is 21.9 Å². The first-order valence-electron chi connectivity index (χ1n) is 6.78. The van der Waals surface area contributed by atoms with Gasteiger partial charge in [0.05, 0.1) is 12.0 Å². The molecule has 0 aliphatic heterocycles. The van der Waals surface area contributed by atoms with Crippen LogP contribution in [0, 0.1) is 0 Å². The van der Waals surface area contributed by atoms with Crippen LogP contribution in [0.5, 0.6) is 5.75 Å². The van der Waals surface area contributed by atoms with Crippen LogP contribution < -0.4 is 15.2 Å². The smallest absolute Gasteiger partial charge is 0.342 e. The molecule has 128 valence electrons. The fourth-order valence-corrected chi connectivity index (χ4v) is 2.24. The molecule has 0 fully saturated rings. The van der Waals surface area contributed by atoms with E-state index in [1.807, 2.05) is 0 Å². The molecule has 1 rings (SSSR count). The molecule has 0 unspecified atom stereocenters. The van der Waals surface area contributed by atoms with Crippen LogP contribution in [0.25, 0.3) is 0 Å². The number of methoxy groups -OCH3 is 1. The molecule has 1 aromatic rings. The van der Waals surface area contributed by atoms with E-state index in [0.29, 0.717) is 0 Å². The van der Waals surface area contributed by atoms with E-state index in [4.69, 9.17) is 14.6 Å². The maximum atomic E-state index is 12.2. The van der Waals surface area contributed by atoms with E-state index in [2.05, 4.69) is 5.32 Å². The number of primary sulfonamides is 1. The molecule has 23 heavy (non-hydrogen) atoms. The largest absolute Gasteiger partial charge is 0.496 e. The molecule has 0 saturated heterocycles. The van der Waals surface area contributed by atoms with E-state index in [1.165, 1.54) is 26.2 Å². The van der Waals surface area contributed by atoms with Gasteiger partial charge < -0.3 is 14.8 Å². The summed E-state index contributed by atoms with van der Waals surface area (Å²) in [4.78, 5) is 23.7. The van der Waals surface area contributed by atoms with Gasteiger partial charge in [0, 0.05) is 6.04 Å². The van der Waals surface area contributed by atoms with Crippen molar-refractivity contribution in [1.29, 1.82) is 0 Å². The van der Waals surface area contributed by atoms with Gasteiger partial charge in [0.15, 0.2) is 6.10 Å². The van der Waals surface area contributed by atoms with E-state index in [0.717, 1.165) is 6.07 Å². The average molecular weight is 344 g/mol. The Kier molecular flexibility index (Phi) is 6.11. The Morgan fingerprint density at radius 2 is 1.83 bits per heavy atom. The van der Waals surface area contributed by atoms with E-state index >= 15 is 0 Å². The monoisotopic (exact) mass is 344 g/mol. The number of carbonyl (C=O) groups is 2. The zero-order valence-electron chi connectivity index (χ0n) is 13.3. The second-order valence-electron chi connectivity index (χ2n) is 5.12. The molecule has 0 radical (unpaired) electrons. The number of nitrogens with two attached hydrogens (primary N) is 1. The van der Waals surface area contributed by atoms with Crippen LogP contribution in [0.15, 0.2) is 23.1 Å². The number of nitrogens with one attached hydrogen (secondary N) is 1. The van der Waals surface area contributed by atoms with Gasteiger partial charge in [0.25, 0.3) is 5.91 Å². The first-order chi connectivity index (χ1) is 10.6. The maximum Gasteiger partial charge on any atom is 0.342 e. The lowest BCUT2D eigenvalue weighted by Gasteiger charge is -2.16. The lowest BCUT2D eigenvalue weighted by atomic mass is 10.2. The summed E-state index contributed by atoms with van der Waals surface area (Å²) < 4.78 is 32.8. The van der Waals surface area contributed by atoms with E-state index in [9.17, 15) is 18.0 Å². The van der Waals surface area contributed by atoms with Crippen molar-refractivity contribution in [1.82, 2.24) is 5.32 Å². The molecular formula is C14H20N2O6S. The number of hydrogen-bond acceptors (Lipinski definition) is 6. The highest BCUT2D eigenvalue weighted by Gasteiger charge is 2.23. The van der Waals surface area contributed by atoms with Crippen molar-refractivity contribution in [3.8, 4) is 5.75 Å². The Morgan fingerprint density at radius 3 is 2.30 bits per heavy atom. The number of sulfonamides is 1. The molecule has 8 nitrogen and oxygen atoms in total. The fraction of sp³-hybridized carbons (Fsp3) is 0.429. The summed E-state index contributed by atoms with van der Waals surface area (Å²) in [5.74, 6) is -1.24. The third-order valence-electron chi connectivity index (χ3n) is 2.80. The highest BCUT2D eigenvalue weighted by molar-refractivity contribution is 7.89.